The Morgan fingerprint density at radius 1 is 1.00 bits per heavy atom. The zero-order valence-electron chi connectivity index (χ0n) is 13.9. The minimum Gasteiger partial charge on any atom is -0.376 e. The summed E-state index contributed by atoms with van der Waals surface area (Å²) in [6, 6.07) is 3.71. The van der Waals surface area contributed by atoms with E-state index in [2.05, 4.69) is 20.7 Å². The van der Waals surface area contributed by atoms with Crippen molar-refractivity contribution in [2.45, 2.75) is 26.9 Å². The molecule has 24 heavy (non-hydrogen) atoms. The van der Waals surface area contributed by atoms with E-state index >= 15 is 0 Å². The van der Waals surface area contributed by atoms with Gasteiger partial charge in [-0.1, -0.05) is 0 Å². The van der Waals surface area contributed by atoms with Gasteiger partial charge in [0.15, 0.2) is 0 Å². The molecule has 0 unspecified atom stereocenters. The quantitative estimate of drug-likeness (QED) is 0.663. The van der Waals surface area contributed by atoms with Crippen LogP contribution in [-0.2, 0) is 20.1 Å². The Labute approximate surface area is 139 Å². The molecule has 0 fully saturated rings. The molecule has 0 radical (unpaired) electrons. The van der Waals surface area contributed by atoms with Gasteiger partial charge < -0.3 is 10.6 Å². The van der Waals surface area contributed by atoms with Crippen molar-refractivity contribution in [3.05, 3.63) is 67.5 Å². The number of pyridine rings is 1. The van der Waals surface area contributed by atoms with E-state index in [1.165, 1.54) is 0 Å². The molecule has 124 valence electrons. The average Bonchev–Trinajstić information content (AvgIpc) is 2.83. The molecule has 2 aromatic heterocycles. The van der Waals surface area contributed by atoms with Crippen LogP contribution in [0.3, 0.4) is 0 Å². The number of aromatic nitrogens is 3. The average molecular weight is 325 g/mol. The van der Waals surface area contributed by atoms with Crippen LogP contribution in [0.15, 0.2) is 34.1 Å². The van der Waals surface area contributed by atoms with Gasteiger partial charge in [0.1, 0.15) is 11.4 Å². The summed E-state index contributed by atoms with van der Waals surface area (Å²) in [5.74, 6) is 0. The first-order valence-electron chi connectivity index (χ1n) is 7.68. The van der Waals surface area contributed by atoms with E-state index < -0.39 is 10.9 Å². The van der Waals surface area contributed by atoms with Crippen molar-refractivity contribution in [1.82, 2.24) is 14.8 Å². The lowest BCUT2D eigenvalue weighted by Crippen LogP contribution is -2.37. The van der Waals surface area contributed by atoms with Crippen LogP contribution in [0.1, 0.15) is 22.5 Å². The van der Waals surface area contributed by atoms with Gasteiger partial charge in [0.25, 0.3) is 10.9 Å². The molecule has 0 atom stereocenters. The van der Waals surface area contributed by atoms with Gasteiger partial charge in [-0.3, -0.25) is 19.3 Å². The molecule has 0 amide bonds. The zero-order chi connectivity index (χ0) is 17.3. The second kappa shape index (κ2) is 6.27. The molecule has 2 N–H and O–H groups in total. The number of anilines is 2. The SMILES string of the molecule is Cc1nn(C)c(C)c1CNc1c(NCc2ccncc2)c(=O)c1=O. The maximum Gasteiger partial charge on any atom is 0.253 e. The van der Waals surface area contributed by atoms with Gasteiger partial charge in [0.05, 0.1) is 5.69 Å². The summed E-state index contributed by atoms with van der Waals surface area (Å²) in [6.45, 7) is 4.82. The largest absolute Gasteiger partial charge is 0.376 e. The summed E-state index contributed by atoms with van der Waals surface area (Å²) in [6.07, 6.45) is 3.37. The topological polar surface area (TPSA) is 88.9 Å². The van der Waals surface area contributed by atoms with E-state index in [9.17, 15) is 9.59 Å². The zero-order valence-corrected chi connectivity index (χ0v) is 13.9. The van der Waals surface area contributed by atoms with E-state index in [1.807, 2.05) is 33.0 Å². The number of rotatable bonds is 6. The Kier molecular flexibility index (Phi) is 4.16. The molecular formula is C17H19N5O2. The van der Waals surface area contributed by atoms with E-state index in [4.69, 9.17) is 0 Å². The maximum absolute atomic E-state index is 11.8. The molecule has 0 aliphatic rings. The third kappa shape index (κ3) is 2.80. The van der Waals surface area contributed by atoms with Crippen LogP contribution in [0.4, 0.5) is 11.4 Å². The maximum atomic E-state index is 11.8. The van der Waals surface area contributed by atoms with Crippen molar-refractivity contribution in [3.63, 3.8) is 0 Å². The van der Waals surface area contributed by atoms with Gasteiger partial charge in [-0.2, -0.15) is 5.10 Å². The second-order valence-electron chi connectivity index (χ2n) is 5.74. The number of hydrogen-bond acceptors (Lipinski definition) is 6. The number of hydrogen-bond donors (Lipinski definition) is 2. The molecular weight excluding hydrogens is 306 g/mol. The first kappa shape index (κ1) is 15.9. The Morgan fingerprint density at radius 3 is 2.12 bits per heavy atom. The van der Waals surface area contributed by atoms with Crippen molar-refractivity contribution in [2.24, 2.45) is 7.05 Å². The van der Waals surface area contributed by atoms with Crippen LogP contribution in [0, 0.1) is 13.8 Å². The molecule has 1 aromatic carbocycles. The Morgan fingerprint density at radius 2 is 1.58 bits per heavy atom. The molecule has 3 aromatic rings. The van der Waals surface area contributed by atoms with E-state index in [0.717, 1.165) is 22.5 Å². The van der Waals surface area contributed by atoms with E-state index in [0.29, 0.717) is 24.5 Å². The third-order valence-corrected chi connectivity index (χ3v) is 4.23. The third-order valence-electron chi connectivity index (χ3n) is 4.23. The van der Waals surface area contributed by atoms with Crippen LogP contribution in [0.2, 0.25) is 0 Å². The fourth-order valence-electron chi connectivity index (χ4n) is 2.67. The summed E-state index contributed by atoms with van der Waals surface area (Å²) in [7, 11) is 1.88. The molecule has 0 aliphatic heterocycles. The first-order chi connectivity index (χ1) is 11.5. The lowest BCUT2D eigenvalue weighted by atomic mass is 10.1. The van der Waals surface area contributed by atoms with Crippen molar-refractivity contribution in [2.75, 3.05) is 10.6 Å². The highest BCUT2D eigenvalue weighted by atomic mass is 16.2. The smallest absolute Gasteiger partial charge is 0.253 e. The monoisotopic (exact) mass is 325 g/mol. The molecule has 0 bridgehead atoms. The molecule has 7 nitrogen and oxygen atoms in total. The highest BCUT2D eigenvalue weighted by molar-refractivity contribution is 5.74. The van der Waals surface area contributed by atoms with Crippen molar-refractivity contribution < 1.29 is 0 Å². The van der Waals surface area contributed by atoms with Crippen LogP contribution < -0.4 is 21.5 Å². The fourth-order valence-corrected chi connectivity index (χ4v) is 2.67. The standard InChI is InChI=1S/C17H19N5O2/c1-10-13(11(2)22(3)21-10)9-20-15-14(16(23)17(15)24)19-8-12-4-6-18-7-5-12/h4-7,19-20H,8-9H2,1-3H3. The summed E-state index contributed by atoms with van der Waals surface area (Å²) in [5.41, 5.74) is 3.69. The number of nitrogens with zero attached hydrogens (tertiary/aromatic N) is 3. The van der Waals surface area contributed by atoms with Crippen LogP contribution in [0.5, 0.6) is 0 Å². The summed E-state index contributed by atoms with van der Waals surface area (Å²) >= 11 is 0. The molecule has 0 saturated heterocycles. The second-order valence-corrected chi connectivity index (χ2v) is 5.74. The Hall–Kier alpha value is -2.96. The van der Waals surface area contributed by atoms with Crippen LogP contribution >= 0.6 is 0 Å². The molecule has 2 heterocycles. The minimum absolute atomic E-state index is 0.344. The van der Waals surface area contributed by atoms with Crippen LogP contribution in [-0.4, -0.2) is 14.8 Å². The lowest BCUT2D eigenvalue weighted by Gasteiger charge is -2.15. The van der Waals surface area contributed by atoms with Gasteiger partial charge in [0, 0.05) is 43.8 Å². The summed E-state index contributed by atoms with van der Waals surface area (Å²) in [4.78, 5) is 27.6. The van der Waals surface area contributed by atoms with Gasteiger partial charge in [-0.05, 0) is 31.5 Å². The predicted octanol–water partition coefficient (Wildman–Crippen LogP) is 1.25. The highest BCUT2D eigenvalue weighted by Crippen LogP contribution is 2.19. The lowest BCUT2D eigenvalue weighted by molar-refractivity contribution is 0.730. The Bertz CT molecular complexity index is 936. The van der Waals surface area contributed by atoms with Gasteiger partial charge in [-0.25, -0.2) is 0 Å². The van der Waals surface area contributed by atoms with Gasteiger partial charge in [-0.15, -0.1) is 0 Å². The van der Waals surface area contributed by atoms with E-state index in [-0.39, 0.29) is 0 Å². The molecule has 0 spiro atoms. The molecule has 7 heteroatoms. The molecule has 0 aliphatic carbocycles. The van der Waals surface area contributed by atoms with Crippen molar-refractivity contribution in [1.29, 1.82) is 0 Å². The predicted molar refractivity (Wildman–Crippen MR) is 92.9 cm³/mol. The molecule has 3 rings (SSSR count). The normalized spacial score (nSPS) is 11.0. The number of nitrogens with one attached hydrogen (secondary N) is 2. The first-order valence-corrected chi connectivity index (χ1v) is 7.68. The van der Waals surface area contributed by atoms with Crippen molar-refractivity contribution in [3.8, 4) is 0 Å². The van der Waals surface area contributed by atoms with Gasteiger partial charge >= 0.3 is 0 Å². The Balaban J connectivity index is 1.72. The minimum atomic E-state index is -0.480. The fraction of sp³-hybridized carbons (Fsp3) is 0.294. The summed E-state index contributed by atoms with van der Waals surface area (Å²) in [5, 5.41) is 10.5. The molecule has 0 saturated carbocycles. The van der Waals surface area contributed by atoms with Crippen LogP contribution in [0.25, 0.3) is 0 Å². The number of aryl methyl sites for hydroxylation is 2. The van der Waals surface area contributed by atoms with Gasteiger partial charge in [0.2, 0.25) is 0 Å². The van der Waals surface area contributed by atoms with E-state index in [1.54, 1.807) is 17.1 Å². The highest BCUT2D eigenvalue weighted by Gasteiger charge is 2.21. The van der Waals surface area contributed by atoms with Crippen molar-refractivity contribution >= 4 is 11.4 Å². The summed E-state index contributed by atoms with van der Waals surface area (Å²) < 4.78 is 1.80.